The number of hydrogen-bond acceptors (Lipinski definition) is 4. The van der Waals surface area contributed by atoms with E-state index in [1.807, 2.05) is 6.92 Å². The van der Waals surface area contributed by atoms with E-state index in [-0.39, 0.29) is 12.7 Å². The summed E-state index contributed by atoms with van der Waals surface area (Å²) >= 11 is 5.91. The maximum absolute atomic E-state index is 9.28. The summed E-state index contributed by atoms with van der Waals surface area (Å²) in [5.41, 5.74) is 0.595. The third kappa shape index (κ3) is 3.77. The van der Waals surface area contributed by atoms with E-state index < -0.39 is 0 Å². The van der Waals surface area contributed by atoms with Crippen LogP contribution in [0, 0.1) is 0 Å². The van der Waals surface area contributed by atoms with Crippen LogP contribution in [0.25, 0.3) is 0 Å². The van der Waals surface area contributed by atoms with Crippen LogP contribution < -0.4 is 9.47 Å². The van der Waals surface area contributed by atoms with Crippen LogP contribution in [0.3, 0.4) is 0 Å². The topological polar surface area (TPSA) is 47.9 Å². The number of halogens is 1. The van der Waals surface area contributed by atoms with Gasteiger partial charge in [-0.15, -0.1) is 0 Å². The van der Waals surface area contributed by atoms with E-state index in [4.69, 9.17) is 25.8 Å². The molecule has 0 saturated carbocycles. The average molecular weight is 261 g/mol. The zero-order chi connectivity index (χ0) is 12.8. The fourth-order valence-electron chi connectivity index (χ4n) is 1.50. The Morgan fingerprint density at radius 1 is 1.35 bits per heavy atom. The fourth-order valence-corrected chi connectivity index (χ4v) is 1.73. The van der Waals surface area contributed by atoms with Crippen molar-refractivity contribution in [3.8, 4) is 11.5 Å². The fraction of sp³-hybridized carbons (Fsp3) is 0.500. The van der Waals surface area contributed by atoms with Crippen molar-refractivity contribution in [2.45, 2.75) is 19.6 Å². The lowest BCUT2D eigenvalue weighted by atomic mass is 10.2. The monoisotopic (exact) mass is 260 g/mol. The summed E-state index contributed by atoms with van der Waals surface area (Å²) < 4.78 is 15.9. The third-order valence-electron chi connectivity index (χ3n) is 2.21. The molecular formula is C12H17ClO4. The van der Waals surface area contributed by atoms with Crippen LogP contribution >= 0.6 is 11.6 Å². The van der Waals surface area contributed by atoms with Gasteiger partial charge in [0.2, 0.25) is 0 Å². The molecule has 0 saturated heterocycles. The van der Waals surface area contributed by atoms with Gasteiger partial charge in [-0.2, -0.15) is 0 Å². The highest BCUT2D eigenvalue weighted by Crippen LogP contribution is 2.35. The van der Waals surface area contributed by atoms with E-state index in [1.54, 1.807) is 19.2 Å². The zero-order valence-electron chi connectivity index (χ0n) is 10.2. The summed E-state index contributed by atoms with van der Waals surface area (Å²) in [6.45, 7) is 2.17. The van der Waals surface area contributed by atoms with Crippen LogP contribution in [0.5, 0.6) is 11.5 Å². The van der Waals surface area contributed by atoms with Crippen LogP contribution in [0.1, 0.15) is 12.5 Å². The van der Waals surface area contributed by atoms with Gasteiger partial charge in [-0.25, -0.2) is 0 Å². The minimum Gasteiger partial charge on any atom is -0.493 e. The molecule has 1 aromatic rings. The molecule has 5 heteroatoms. The van der Waals surface area contributed by atoms with E-state index in [2.05, 4.69) is 0 Å². The largest absolute Gasteiger partial charge is 0.493 e. The van der Waals surface area contributed by atoms with Gasteiger partial charge in [0.25, 0.3) is 0 Å². The second-order valence-corrected chi connectivity index (χ2v) is 4.07. The molecule has 0 radical (unpaired) electrons. The first-order valence-corrected chi connectivity index (χ1v) is 5.63. The molecule has 0 aliphatic heterocycles. The van der Waals surface area contributed by atoms with Gasteiger partial charge >= 0.3 is 0 Å². The van der Waals surface area contributed by atoms with Crippen molar-refractivity contribution in [2.75, 3.05) is 20.8 Å². The Bertz CT molecular complexity index is 343. The number of hydrogen-bond donors (Lipinski definition) is 1. The first-order chi connectivity index (χ1) is 8.12. The molecule has 1 unspecified atom stereocenters. The minimum absolute atomic E-state index is 0.139. The van der Waals surface area contributed by atoms with Crippen molar-refractivity contribution >= 4 is 11.6 Å². The number of aliphatic hydroxyl groups is 1. The first-order valence-electron chi connectivity index (χ1n) is 5.25. The molecule has 1 rings (SSSR count). The van der Waals surface area contributed by atoms with Crippen molar-refractivity contribution in [1.82, 2.24) is 0 Å². The van der Waals surface area contributed by atoms with Gasteiger partial charge in [0.05, 0.1) is 20.3 Å². The third-order valence-corrected chi connectivity index (χ3v) is 2.43. The predicted molar refractivity (Wildman–Crippen MR) is 65.9 cm³/mol. The first kappa shape index (κ1) is 14.1. The maximum atomic E-state index is 9.28. The number of rotatable bonds is 6. The molecule has 17 heavy (non-hydrogen) atoms. The van der Waals surface area contributed by atoms with Crippen molar-refractivity contribution in [2.24, 2.45) is 0 Å². The predicted octanol–water partition coefficient (Wildman–Crippen LogP) is 2.25. The Hall–Kier alpha value is -0.970. The van der Waals surface area contributed by atoms with Gasteiger partial charge in [0, 0.05) is 23.8 Å². The summed E-state index contributed by atoms with van der Waals surface area (Å²) in [6, 6.07) is 3.30. The molecule has 1 atom stereocenters. The molecule has 1 N–H and O–H groups in total. The minimum atomic E-state index is -0.161. The standard InChI is InChI=1S/C12H17ClO4/c1-8(7-15-2)17-12-9(6-14)4-10(13)5-11(12)16-3/h4-5,8,14H,6-7H2,1-3H3. The Morgan fingerprint density at radius 2 is 2.06 bits per heavy atom. The lowest BCUT2D eigenvalue weighted by molar-refractivity contribution is 0.0881. The number of ether oxygens (including phenoxy) is 3. The molecule has 1 aromatic carbocycles. The highest BCUT2D eigenvalue weighted by Gasteiger charge is 2.15. The molecule has 0 bridgehead atoms. The van der Waals surface area contributed by atoms with E-state index in [0.717, 1.165) is 0 Å². The molecular weight excluding hydrogens is 244 g/mol. The van der Waals surface area contributed by atoms with E-state index in [9.17, 15) is 5.11 Å². The van der Waals surface area contributed by atoms with Crippen molar-refractivity contribution in [3.63, 3.8) is 0 Å². The van der Waals surface area contributed by atoms with Gasteiger partial charge in [0.15, 0.2) is 11.5 Å². The lowest BCUT2D eigenvalue weighted by Crippen LogP contribution is -2.19. The molecule has 4 nitrogen and oxygen atoms in total. The molecule has 0 heterocycles. The van der Waals surface area contributed by atoms with E-state index in [1.165, 1.54) is 7.11 Å². The number of benzene rings is 1. The molecule has 0 amide bonds. The summed E-state index contributed by atoms with van der Waals surface area (Å²) in [5, 5.41) is 9.78. The molecule has 0 spiro atoms. The molecule has 0 aliphatic carbocycles. The quantitative estimate of drug-likeness (QED) is 0.852. The number of aliphatic hydroxyl groups excluding tert-OH is 1. The van der Waals surface area contributed by atoms with Crippen molar-refractivity contribution < 1.29 is 19.3 Å². The Kier molecular flexibility index (Phi) is 5.55. The van der Waals surface area contributed by atoms with Crippen LogP contribution in [0.4, 0.5) is 0 Å². The molecule has 0 aliphatic rings. The van der Waals surface area contributed by atoms with Gasteiger partial charge in [-0.3, -0.25) is 0 Å². The second-order valence-electron chi connectivity index (χ2n) is 3.64. The average Bonchev–Trinajstić information content (AvgIpc) is 2.31. The van der Waals surface area contributed by atoms with Crippen LogP contribution in [0.2, 0.25) is 5.02 Å². The Morgan fingerprint density at radius 3 is 2.59 bits per heavy atom. The van der Waals surface area contributed by atoms with Gasteiger partial charge in [-0.05, 0) is 13.0 Å². The van der Waals surface area contributed by atoms with Gasteiger partial charge < -0.3 is 19.3 Å². The molecule has 0 fully saturated rings. The summed E-state index contributed by atoms with van der Waals surface area (Å²) in [5.74, 6) is 1.01. The van der Waals surface area contributed by atoms with Crippen LogP contribution in [-0.4, -0.2) is 32.0 Å². The van der Waals surface area contributed by atoms with Crippen molar-refractivity contribution in [1.29, 1.82) is 0 Å². The maximum Gasteiger partial charge on any atom is 0.167 e. The smallest absolute Gasteiger partial charge is 0.167 e. The van der Waals surface area contributed by atoms with Gasteiger partial charge in [0.1, 0.15) is 6.10 Å². The second kappa shape index (κ2) is 6.69. The molecule has 0 aromatic heterocycles. The number of methoxy groups -OCH3 is 2. The molecule has 96 valence electrons. The Balaban J connectivity index is 3.02. The summed E-state index contributed by atoms with van der Waals surface area (Å²) in [7, 11) is 3.13. The lowest BCUT2D eigenvalue weighted by Gasteiger charge is -2.19. The zero-order valence-corrected chi connectivity index (χ0v) is 11.0. The van der Waals surface area contributed by atoms with Crippen LogP contribution in [-0.2, 0) is 11.3 Å². The van der Waals surface area contributed by atoms with E-state index >= 15 is 0 Å². The van der Waals surface area contributed by atoms with Crippen LogP contribution in [0.15, 0.2) is 12.1 Å². The summed E-state index contributed by atoms with van der Waals surface area (Å²) in [4.78, 5) is 0. The normalized spacial score (nSPS) is 12.3. The highest BCUT2D eigenvalue weighted by atomic mass is 35.5. The van der Waals surface area contributed by atoms with Crippen molar-refractivity contribution in [3.05, 3.63) is 22.7 Å². The van der Waals surface area contributed by atoms with E-state index in [0.29, 0.717) is 28.7 Å². The summed E-state index contributed by atoms with van der Waals surface area (Å²) in [6.07, 6.45) is -0.139. The highest BCUT2D eigenvalue weighted by molar-refractivity contribution is 6.30. The Labute approximate surface area is 106 Å². The van der Waals surface area contributed by atoms with Gasteiger partial charge in [-0.1, -0.05) is 11.6 Å². The SMILES string of the molecule is COCC(C)Oc1c(CO)cc(Cl)cc1OC.